The van der Waals surface area contributed by atoms with Crippen molar-refractivity contribution in [2.24, 2.45) is 0 Å². The van der Waals surface area contributed by atoms with Crippen LogP contribution in [-0.2, 0) is 16.0 Å². The number of piperazine rings is 1. The second-order valence-corrected chi connectivity index (χ2v) is 6.70. The number of aryl methyl sites for hydroxylation is 2. The molecule has 0 saturated carbocycles. The van der Waals surface area contributed by atoms with Gasteiger partial charge in [0, 0.05) is 25.0 Å². The molecule has 0 unspecified atom stereocenters. The Bertz CT molecular complexity index is 558. The molecular weight excluding hydrogens is 300 g/mol. The number of hydrogen-bond donors (Lipinski definition) is 1. The number of likely N-dealkylation sites (N-methyl/N-ethyl adjacent to an activating group) is 1. The van der Waals surface area contributed by atoms with E-state index in [1.54, 1.807) is 28.2 Å². The van der Waals surface area contributed by atoms with Gasteiger partial charge in [0.15, 0.2) is 0 Å². The van der Waals surface area contributed by atoms with Crippen molar-refractivity contribution >= 4 is 23.2 Å². The van der Waals surface area contributed by atoms with E-state index < -0.39 is 0 Å². The lowest BCUT2D eigenvalue weighted by molar-refractivity contribution is -0.141. The fourth-order valence-electron chi connectivity index (χ4n) is 2.48. The van der Waals surface area contributed by atoms with E-state index >= 15 is 0 Å². The van der Waals surface area contributed by atoms with E-state index in [-0.39, 0.29) is 24.4 Å². The molecule has 6 nitrogen and oxygen atoms in total. The Morgan fingerprint density at radius 3 is 2.86 bits per heavy atom. The van der Waals surface area contributed by atoms with Crippen molar-refractivity contribution in [3.8, 4) is 0 Å². The molecule has 2 heterocycles. The van der Waals surface area contributed by atoms with Crippen LogP contribution < -0.4 is 5.32 Å². The second kappa shape index (κ2) is 7.19. The molecule has 122 valence electrons. The minimum Gasteiger partial charge on any atom is -0.337 e. The van der Waals surface area contributed by atoms with E-state index in [9.17, 15) is 9.59 Å². The summed E-state index contributed by atoms with van der Waals surface area (Å²) in [6, 6.07) is -0.0247. The number of aromatic nitrogens is 1. The summed E-state index contributed by atoms with van der Waals surface area (Å²) in [5, 5.41) is 4.10. The molecule has 1 N–H and O–H groups in total. The van der Waals surface area contributed by atoms with Gasteiger partial charge in [-0.05, 0) is 20.3 Å². The molecule has 1 aliphatic heterocycles. The molecule has 2 rings (SSSR count). The molecule has 0 aliphatic carbocycles. The van der Waals surface area contributed by atoms with Gasteiger partial charge in [0.2, 0.25) is 11.8 Å². The quantitative estimate of drug-likeness (QED) is 0.876. The summed E-state index contributed by atoms with van der Waals surface area (Å²) in [6.07, 6.45) is 0.908. The summed E-state index contributed by atoms with van der Waals surface area (Å²) >= 11 is 1.66. The highest BCUT2D eigenvalue weighted by molar-refractivity contribution is 7.11. The van der Waals surface area contributed by atoms with Crippen LogP contribution in [0.2, 0.25) is 0 Å². The minimum absolute atomic E-state index is 0.0112. The van der Waals surface area contributed by atoms with Crippen LogP contribution in [0.1, 0.15) is 35.5 Å². The molecule has 0 bridgehead atoms. The number of amides is 2. The van der Waals surface area contributed by atoms with Crippen molar-refractivity contribution in [3.05, 3.63) is 15.6 Å². The molecule has 0 aromatic carbocycles. The monoisotopic (exact) mass is 324 g/mol. The Balaban J connectivity index is 2.02. The molecule has 2 amide bonds. The zero-order valence-electron chi connectivity index (χ0n) is 13.7. The van der Waals surface area contributed by atoms with Crippen LogP contribution in [0.3, 0.4) is 0 Å². The highest BCUT2D eigenvalue weighted by Crippen LogP contribution is 2.28. The number of hydrogen-bond acceptors (Lipinski definition) is 5. The molecular formula is C15H24N4O2S. The predicted octanol–water partition coefficient (Wildman–Crippen LogP) is 0.965. The summed E-state index contributed by atoms with van der Waals surface area (Å²) in [7, 11) is 1.80. The maximum Gasteiger partial charge on any atom is 0.242 e. The van der Waals surface area contributed by atoms with Gasteiger partial charge in [0.05, 0.1) is 29.8 Å². The van der Waals surface area contributed by atoms with Gasteiger partial charge in [-0.1, -0.05) is 6.92 Å². The Labute approximate surface area is 135 Å². The zero-order chi connectivity index (χ0) is 16.3. The number of carbonyl (C=O) groups excluding carboxylic acids is 2. The summed E-state index contributed by atoms with van der Waals surface area (Å²) in [4.78, 5) is 33.2. The molecule has 1 aromatic heterocycles. The topological polar surface area (TPSA) is 65.5 Å². The van der Waals surface area contributed by atoms with Gasteiger partial charge in [-0.15, -0.1) is 11.3 Å². The number of nitrogens with one attached hydrogen (secondary N) is 1. The predicted molar refractivity (Wildman–Crippen MR) is 86.9 cm³/mol. The van der Waals surface area contributed by atoms with Gasteiger partial charge in [0.25, 0.3) is 0 Å². The molecule has 1 saturated heterocycles. The van der Waals surface area contributed by atoms with Crippen molar-refractivity contribution < 1.29 is 9.59 Å². The summed E-state index contributed by atoms with van der Waals surface area (Å²) in [5.41, 5.74) is 0.993. The molecule has 0 radical (unpaired) electrons. The van der Waals surface area contributed by atoms with Crippen molar-refractivity contribution in [1.29, 1.82) is 0 Å². The van der Waals surface area contributed by atoms with Crippen LogP contribution in [0.25, 0.3) is 0 Å². The molecule has 1 fully saturated rings. The lowest BCUT2D eigenvalue weighted by Crippen LogP contribution is -2.51. The fraction of sp³-hybridized carbons (Fsp3) is 0.667. The van der Waals surface area contributed by atoms with Gasteiger partial charge < -0.3 is 15.1 Å². The van der Waals surface area contributed by atoms with Gasteiger partial charge in [0.1, 0.15) is 0 Å². The normalized spacial score (nSPS) is 16.7. The second-order valence-electron chi connectivity index (χ2n) is 5.58. The third-order valence-corrected chi connectivity index (χ3v) is 5.52. The molecule has 22 heavy (non-hydrogen) atoms. The van der Waals surface area contributed by atoms with Gasteiger partial charge >= 0.3 is 0 Å². The van der Waals surface area contributed by atoms with Crippen LogP contribution in [0.5, 0.6) is 0 Å². The standard InChI is InChI=1S/C15H24N4O2S/c1-5-12-17-10(2)15(22-12)11(3)18(4)14(21)9-19-7-6-16-8-13(19)20/h11,16H,5-9H2,1-4H3/t11-/m1/s1. The van der Waals surface area contributed by atoms with E-state index in [0.29, 0.717) is 13.1 Å². The molecule has 1 aromatic rings. The van der Waals surface area contributed by atoms with Gasteiger partial charge in [-0.3, -0.25) is 9.59 Å². The maximum atomic E-state index is 12.5. The first kappa shape index (κ1) is 16.9. The average Bonchev–Trinajstić information content (AvgIpc) is 2.89. The summed E-state index contributed by atoms with van der Waals surface area (Å²) < 4.78 is 0. The SMILES string of the molecule is CCc1nc(C)c([C@@H](C)N(C)C(=O)CN2CCNCC2=O)s1. The van der Waals surface area contributed by atoms with Crippen molar-refractivity contribution in [2.75, 3.05) is 33.2 Å². The molecule has 1 aliphatic rings. The van der Waals surface area contributed by atoms with Crippen LogP contribution in [0, 0.1) is 6.92 Å². The van der Waals surface area contributed by atoms with Crippen molar-refractivity contribution in [1.82, 2.24) is 20.1 Å². The van der Waals surface area contributed by atoms with E-state index in [4.69, 9.17) is 0 Å². The Hall–Kier alpha value is -1.47. The zero-order valence-corrected chi connectivity index (χ0v) is 14.5. The molecule has 1 atom stereocenters. The smallest absolute Gasteiger partial charge is 0.242 e. The van der Waals surface area contributed by atoms with Crippen LogP contribution in [-0.4, -0.2) is 59.8 Å². The van der Waals surface area contributed by atoms with E-state index in [0.717, 1.165) is 28.5 Å². The number of thiazole rings is 1. The molecule has 0 spiro atoms. The fourth-order valence-corrected chi connectivity index (χ4v) is 3.59. The summed E-state index contributed by atoms with van der Waals surface area (Å²) in [6.45, 7) is 7.88. The third-order valence-electron chi connectivity index (χ3n) is 4.05. The number of nitrogens with zero attached hydrogens (tertiary/aromatic N) is 3. The van der Waals surface area contributed by atoms with Crippen molar-refractivity contribution in [3.63, 3.8) is 0 Å². The Kier molecular flexibility index (Phi) is 5.52. The first-order chi connectivity index (χ1) is 10.4. The first-order valence-electron chi connectivity index (χ1n) is 7.64. The minimum atomic E-state index is -0.0337. The highest BCUT2D eigenvalue weighted by Gasteiger charge is 2.26. The lowest BCUT2D eigenvalue weighted by atomic mass is 10.2. The van der Waals surface area contributed by atoms with Crippen LogP contribution in [0.4, 0.5) is 0 Å². The Morgan fingerprint density at radius 2 is 2.27 bits per heavy atom. The maximum absolute atomic E-state index is 12.5. The third kappa shape index (κ3) is 3.64. The molecule has 7 heteroatoms. The van der Waals surface area contributed by atoms with E-state index in [1.165, 1.54) is 0 Å². The Morgan fingerprint density at radius 1 is 1.55 bits per heavy atom. The summed E-state index contributed by atoms with van der Waals surface area (Å²) in [5.74, 6) is -0.0449. The number of rotatable bonds is 5. The van der Waals surface area contributed by atoms with Gasteiger partial charge in [-0.2, -0.15) is 0 Å². The first-order valence-corrected chi connectivity index (χ1v) is 8.46. The van der Waals surface area contributed by atoms with E-state index in [1.807, 2.05) is 13.8 Å². The van der Waals surface area contributed by atoms with Crippen LogP contribution in [0.15, 0.2) is 0 Å². The van der Waals surface area contributed by atoms with E-state index in [2.05, 4.69) is 17.2 Å². The van der Waals surface area contributed by atoms with Crippen LogP contribution >= 0.6 is 11.3 Å². The van der Waals surface area contributed by atoms with Gasteiger partial charge in [-0.25, -0.2) is 4.98 Å². The average molecular weight is 324 g/mol. The largest absolute Gasteiger partial charge is 0.337 e. The highest BCUT2D eigenvalue weighted by atomic mass is 32.1. The lowest BCUT2D eigenvalue weighted by Gasteiger charge is -2.30. The van der Waals surface area contributed by atoms with Crippen molar-refractivity contribution in [2.45, 2.75) is 33.2 Å². The number of carbonyl (C=O) groups is 2.